The van der Waals surface area contributed by atoms with Crippen LogP contribution in [0.1, 0.15) is 90.0 Å². The maximum atomic E-state index is 12.3. The molecule has 0 radical (unpaired) electrons. The lowest BCUT2D eigenvalue weighted by Crippen LogP contribution is -2.62. The number of esters is 1. The lowest BCUT2D eigenvalue weighted by molar-refractivity contribution is -0.207. The fourth-order valence-electron chi connectivity index (χ4n) is 8.63. The number of carbonyl (C=O) groups is 1. The van der Waals surface area contributed by atoms with Crippen molar-refractivity contribution in [2.75, 3.05) is 0 Å². The molecule has 1 aromatic rings. The van der Waals surface area contributed by atoms with Crippen LogP contribution in [0.15, 0.2) is 27.6 Å². The van der Waals surface area contributed by atoms with E-state index in [1.165, 1.54) is 13.0 Å². The Labute approximate surface area is 184 Å². The van der Waals surface area contributed by atoms with E-state index in [1.807, 2.05) is 6.07 Å². The molecule has 170 valence electrons. The van der Waals surface area contributed by atoms with Crippen molar-refractivity contribution < 1.29 is 19.1 Å². The number of aliphatic hydroxyl groups is 1. The summed E-state index contributed by atoms with van der Waals surface area (Å²) >= 11 is 0. The first-order valence-electron chi connectivity index (χ1n) is 12.2. The zero-order valence-corrected chi connectivity index (χ0v) is 19.1. The predicted molar refractivity (Wildman–Crippen MR) is 116 cm³/mol. The van der Waals surface area contributed by atoms with Gasteiger partial charge in [0, 0.05) is 18.4 Å². The summed E-state index contributed by atoms with van der Waals surface area (Å²) in [6.07, 6.45) is 10.8. The molecule has 1 aromatic heterocycles. The van der Waals surface area contributed by atoms with E-state index in [9.17, 15) is 14.7 Å². The van der Waals surface area contributed by atoms with Gasteiger partial charge in [-0.2, -0.15) is 0 Å². The molecule has 4 aliphatic carbocycles. The van der Waals surface area contributed by atoms with Gasteiger partial charge in [-0.05, 0) is 98.5 Å². The summed E-state index contributed by atoms with van der Waals surface area (Å²) in [7, 11) is 0. The zero-order chi connectivity index (χ0) is 22.0. The lowest BCUT2D eigenvalue weighted by Gasteiger charge is -2.63. The molecule has 5 heteroatoms. The van der Waals surface area contributed by atoms with Crippen LogP contribution in [0.5, 0.6) is 0 Å². The molecule has 0 spiro atoms. The second-order valence-corrected chi connectivity index (χ2v) is 11.4. The standard InChI is InChI=1S/C26H36O5/c1-16(27)31-19-8-11-24(2)18(14-19)5-6-22-21(24)9-12-25(3)20(10-13-26(22,25)29)17-4-7-23(28)30-15-17/h4,7,15,18-22,29H,5-6,8-14H2,1-3H3/t18-,19+,20-,21+,22?,24+,25-,26+/m1/s1. The maximum Gasteiger partial charge on any atom is 0.335 e. The first-order valence-corrected chi connectivity index (χ1v) is 12.2. The van der Waals surface area contributed by atoms with Crippen LogP contribution in [0.4, 0.5) is 0 Å². The minimum absolute atomic E-state index is 0.0627. The lowest BCUT2D eigenvalue weighted by atomic mass is 9.43. The van der Waals surface area contributed by atoms with Crippen molar-refractivity contribution in [2.45, 2.75) is 96.2 Å². The van der Waals surface area contributed by atoms with Crippen LogP contribution in [0, 0.1) is 28.6 Å². The molecule has 1 unspecified atom stereocenters. The van der Waals surface area contributed by atoms with E-state index >= 15 is 0 Å². The van der Waals surface area contributed by atoms with Gasteiger partial charge in [0.2, 0.25) is 0 Å². The molecular weight excluding hydrogens is 392 g/mol. The van der Waals surface area contributed by atoms with Crippen molar-refractivity contribution in [3.8, 4) is 0 Å². The van der Waals surface area contributed by atoms with Crippen LogP contribution in [0.25, 0.3) is 0 Å². The number of ether oxygens (including phenoxy) is 1. The predicted octanol–water partition coefficient (Wildman–Crippen LogP) is 4.81. The van der Waals surface area contributed by atoms with E-state index in [2.05, 4.69) is 13.8 Å². The van der Waals surface area contributed by atoms with Gasteiger partial charge in [0.25, 0.3) is 0 Å². The molecular formula is C26H36O5. The van der Waals surface area contributed by atoms with Gasteiger partial charge < -0.3 is 14.3 Å². The Balaban J connectivity index is 1.41. The van der Waals surface area contributed by atoms with Crippen LogP contribution < -0.4 is 5.63 Å². The number of fused-ring (bicyclic) bond motifs is 5. The van der Waals surface area contributed by atoms with Crippen molar-refractivity contribution >= 4 is 5.97 Å². The van der Waals surface area contributed by atoms with Crippen LogP contribution in [-0.4, -0.2) is 22.8 Å². The fraction of sp³-hybridized carbons (Fsp3) is 0.769. The molecule has 0 aliphatic heterocycles. The Kier molecular flexibility index (Phi) is 4.93. The van der Waals surface area contributed by atoms with E-state index in [4.69, 9.17) is 9.15 Å². The first-order chi connectivity index (χ1) is 14.7. The minimum atomic E-state index is -0.669. The Morgan fingerprint density at radius 1 is 1.06 bits per heavy atom. The molecule has 31 heavy (non-hydrogen) atoms. The maximum absolute atomic E-state index is 12.3. The van der Waals surface area contributed by atoms with Crippen molar-refractivity contribution in [1.82, 2.24) is 0 Å². The number of carbonyl (C=O) groups excluding carboxylic acids is 1. The third kappa shape index (κ3) is 3.06. The summed E-state index contributed by atoms with van der Waals surface area (Å²) in [5, 5.41) is 12.3. The Morgan fingerprint density at radius 3 is 2.58 bits per heavy atom. The molecule has 1 N–H and O–H groups in total. The SMILES string of the molecule is CC(=O)O[C@H]1CC[C@@]2(C)[C@H](CCC3[C@@H]2CC[C@]2(C)[C@@H](c4ccc(=O)oc4)CC[C@]32O)C1. The highest BCUT2D eigenvalue weighted by Crippen LogP contribution is 2.70. The zero-order valence-electron chi connectivity index (χ0n) is 19.1. The van der Waals surface area contributed by atoms with Gasteiger partial charge in [-0.1, -0.05) is 13.8 Å². The minimum Gasteiger partial charge on any atom is -0.463 e. The van der Waals surface area contributed by atoms with Crippen LogP contribution in [-0.2, 0) is 9.53 Å². The highest BCUT2D eigenvalue weighted by molar-refractivity contribution is 5.66. The second-order valence-electron chi connectivity index (χ2n) is 11.4. The highest BCUT2D eigenvalue weighted by Gasteiger charge is 2.67. The van der Waals surface area contributed by atoms with Gasteiger partial charge in [0.1, 0.15) is 6.10 Å². The van der Waals surface area contributed by atoms with Crippen molar-refractivity contribution in [3.05, 3.63) is 34.4 Å². The Bertz CT molecular complexity index is 902. The first kappa shape index (κ1) is 21.2. The number of rotatable bonds is 2. The summed E-state index contributed by atoms with van der Waals surface area (Å²) in [6, 6.07) is 3.41. The Morgan fingerprint density at radius 2 is 1.87 bits per heavy atom. The molecule has 0 bridgehead atoms. The summed E-state index contributed by atoms with van der Waals surface area (Å²) in [4.78, 5) is 22.9. The highest BCUT2D eigenvalue weighted by atomic mass is 16.5. The average Bonchev–Trinajstić information content (AvgIpc) is 3.00. The van der Waals surface area contributed by atoms with Gasteiger partial charge in [-0.3, -0.25) is 4.79 Å². The molecule has 0 saturated heterocycles. The third-order valence-electron chi connectivity index (χ3n) is 10.3. The summed E-state index contributed by atoms with van der Waals surface area (Å²) < 4.78 is 10.8. The van der Waals surface area contributed by atoms with Gasteiger partial charge in [-0.15, -0.1) is 0 Å². The van der Waals surface area contributed by atoms with E-state index in [-0.39, 0.29) is 34.4 Å². The van der Waals surface area contributed by atoms with Gasteiger partial charge in [0.15, 0.2) is 0 Å². The van der Waals surface area contributed by atoms with Crippen LogP contribution in [0.3, 0.4) is 0 Å². The second kappa shape index (κ2) is 7.19. The molecule has 0 amide bonds. The van der Waals surface area contributed by atoms with Crippen molar-refractivity contribution in [1.29, 1.82) is 0 Å². The van der Waals surface area contributed by atoms with Crippen molar-refractivity contribution in [2.24, 2.45) is 28.6 Å². The molecule has 1 heterocycles. The van der Waals surface area contributed by atoms with E-state index in [0.717, 1.165) is 63.4 Å². The number of hydrogen-bond donors (Lipinski definition) is 1. The van der Waals surface area contributed by atoms with E-state index in [1.54, 1.807) is 6.26 Å². The molecule has 4 saturated carbocycles. The van der Waals surface area contributed by atoms with Gasteiger partial charge >= 0.3 is 11.6 Å². The molecule has 5 nitrogen and oxygen atoms in total. The average molecular weight is 429 g/mol. The fourth-order valence-corrected chi connectivity index (χ4v) is 8.63. The molecule has 5 rings (SSSR count). The molecule has 4 aliphatic rings. The third-order valence-corrected chi connectivity index (χ3v) is 10.3. The number of hydrogen-bond acceptors (Lipinski definition) is 5. The summed E-state index contributed by atoms with van der Waals surface area (Å²) in [5.41, 5.74) is 0.0949. The molecule has 8 atom stereocenters. The quantitative estimate of drug-likeness (QED) is 0.684. The van der Waals surface area contributed by atoms with E-state index in [0.29, 0.717) is 17.8 Å². The normalized spacial score (nSPS) is 46.5. The van der Waals surface area contributed by atoms with Gasteiger partial charge in [-0.25, -0.2) is 4.79 Å². The van der Waals surface area contributed by atoms with Crippen LogP contribution in [0.2, 0.25) is 0 Å². The largest absolute Gasteiger partial charge is 0.463 e. The smallest absolute Gasteiger partial charge is 0.335 e. The van der Waals surface area contributed by atoms with Gasteiger partial charge in [0.05, 0.1) is 11.9 Å². The molecule has 4 fully saturated rings. The topological polar surface area (TPSA) is 76.7 Å². The van der Waals surface area contributed by atoms with E-state index < -0.39 is 5.60 Å². The van der Waals surface area contributed by atoms with Crippen LogP contribution >= 0.6 is 0 Å². The summed E-state index contributed by atoms with van der Waals surface area (Å²) in [5.74, 6) is 1.47. The van der Waals surface area contributed by atoms with Crippen molar-refractivity contribution in [3.63, 3.8) is 0 Å². The summed E-state index contributed by atoms with van der Waals surface area (Å²) in [6.45, 7) is 6.23. The Hall–Kier alpha value is -1.62. The molecule has 0 aromatic carbocycles. The monoisotopic (exact) mass is 428 g/mol.